The first-order chi connectivity index (χ1) is 5.83. The van der Waals surface area contributed by atoms with Gasteiger partial charge in [-0.05, 0) is 24.1 Å². The first kappa shape index (κ1) is 7.33. The quantitative estimate of drug-likeness (QED) is 0.624. The molecule has 1 aromatic rings. The summed E-state index contributed by atoms with van der Waals surface area (Å²) < 4.78 is 0. The first-order valence-corrected chi connectivity index (χ1v) is 4.08. The maximum Gasteiger partial charge on any atom is 0.0995 e. The van der Waals surface area contributed by atoms with Crippen molar-refractivity contribution in [2.24, 2.45) is 0 Å². The zero-order chi connectivity index (χ0) is 8.55. The second-order valence-corrected chi connectivity index (χ2v) is 3.09. The Balaban J connectivity index is 2.60. The van der Waals surface area contributed by atoms with Crippen molar-refractivity contribution in [2.45, 2.75) is 19.5 Å². The van der Waals surface area contributed by atoms with Gasteiger partial charge < -0.3 is 5.32 Å². The molecule has 0 aromatic heterocycles. The maximum absolute atomic E-state index is 8.81. The summed E-state index contributed by atoms with van der Waals surface area (Å²) in [7, 11) is 0. The van der Waals surface area contributed by atoms with Gasteiger partial charge in [-0.1, -0.05) is 12.1 Å². The van der Waals surface area contributed by atoms with Crippen LogP contribution in [0.3, 0.4) is 0 Å². The molecule has 1 aromatic carbocycles. The Kier molecular flexibility index (Phi) is 1.60. The predicted octanol–water partition coefficient (Wildman–Crippen LogP) is 1.72. The van der Waals surface area contributed by atoms with Crippen LogP contribution in [0.2, 0.25) is 0 Å². The van der Waals surface area contributed by atoms with E-state index in [4.69, 9.17) is 5.26 Å². The normalized spacial score (nSPS) is 20.2. The van der Waals surface area contributed by atoms with Crippen LogP contribution in [0.5, 0.6) is 0 Å². The van der Waals surface area contributed by atoms with E-state index in [-0.39, 0.29) is 0 Å². The number of hydrogen-bond donors (Lipinski definition) is 1. The van der Waals surface area contributed by atoms with E-state index in [2.05, 4.69) is 24.4 Å². The van der Waals surface area contributed by atoms with Gasteiger partial charge in [0.2, 0.25) is 0 Å². The highest BCUT2D eigenvalue weighted by Crippen LogP contribution is 2.26. The number of benzene rings is 1. The van der Waals surface area contributed by atoms with Crippen LogP contribution in [0.1, 0.15) is 29.7 Å². The fourth-order valence-electron chi connectivity index (χ4n) is 1.68. The summed E-state index contributed by atoms with van der Waals surface area (Å²) in [6, 6.07) is 8.51. The first-order valence-electron chi connectivity index (χ1n) is 4.08. The third-order valence-corrected chi connectivity index (χ3v) is 2.38. The Labute approximate surface area is 71.8 Å². The predicted molar refractivity (Wildman–Crippen MR) is 46.4 cm³/mol. The molecule has 0 saturated carbocycles. The minimum absolute atomic E-state index is 0.397. The molecule has 0 bridgehead atoms. The Hall–Kier alpha value is -1.33. The molecule has 1 heterocycles. The number of hydrogen-bond acceptors (Lipinski definition) is 2. The van der Waals surface area contributed by atoms with E-state index in [1.165, 1.54) is 11.1 Å². The van der Waals surface area contributed by atoms with Gasteiger partial charge >= 0.3 is 0 Å². The lowest BCUT2D eigenvalue weighted by atomic mass is 10.0. The molecule has 1 aliphatic rings. The third kappa shape index (κ3) is 0.910. The van der Waals surface area contributed by atoms with Crippen molar-refractivity contribution in [3.05, 3.63) is 34.9 Å². The molecule has 0 fully saturated rings. The van der Waals surface area contributed by atoms with Gasteiger partial charge in [-0.25, -0.2) is 0 Å². The molecular formula is C10H10N2. The van der Waals surface area contributed by atoms with E-state index in [9.17, 15) is 0 Å². The van der Waals surface area contributed by atoms with Crippen molar-refractivity contribution in [3.8, 4) is 6.07 Å². The number of fused-ring (bicyclic) bond motifs is 1. The van der Waals surface area contributed by atoms with Crippen molar-refractivity contribution in [2.75, 3.05) is 0 Å². The van der Waals surface area contributed by atoms with Gasteiger partial charge in [-0.2, -0.15) is 5.26 Å². The summed E-state index contributed by atoms with van der Waals surface area (Å²) in [6.07, 6.45) is 0. The molecule has 1 aliphatic heterocycles. The molecule has 2 rings (SSSR count). The van der Waals surface area contributed by atoms with Crippen LogP contribution in [0.15, 0.2) is 18.2 Å². The molecule has 0 aliphatic carbocycles. The average Bonchev–Trinajstić information content (AvgIpc) is 2.48. The molecule has 60 valence electrons. The van der Waals surface area contributed by atoms with Gasteiger partial charge in [0.25, 0.3) is 0 Å². The largest absolute Gasteiger partial charge is 0.306 e. The number of nitrogens with one attached hydrogen (secondary N) is 1. The molecule has 0 radical (unpaired) electrons. The molecule has 0 amide bonds. The van der Waals surface area contributed by atoms with Gasteiger partial charge in [-0.3, -0.25) is 0 Å². The van der Waals surface area contributed by atoms with Crippen molar-refractivity contribution in [3.63, 3.8) is 0 Å². The van der Waals surface area contributed by atoms with Crippen LogP contribution in [0.25, 0.3) is 0 Å². The number of nitriles is 1. The van der Waals surface area contributed by atoms with Crippen LogP contribution in [0.4, 0.5) is 0 Å². The second kappa shape index (κ2) is 2.62. The maximum atomic E-state index is 8.81. The molecule has 2 nitrogen and oxygen atoms in total. The zero-order valence-corrected chi connectivity index (χ0v) is 6.96. The number of nitrogens with zero attached hydrogens (tertiary/aromatic N) is 1. The summed E-state index contributed by atoms with van der Waals surface area (Å²) in [6.45, 7) is 2.95. The minimum atomic E-state index is 0.397. The number of rotatable bonds is 0. The molecule has 0 spiro atoms. The van der Waals surface area contributed by atoms with E-state index >= 15 is 0 Å². The highest BCUT2D eigenvalue weighted by atomic mass is 14.9. The van der Waals surface area contributed by atoms with E-state index < -0.39 is 0 Å². The van der Waals surface area contributed by atoms with Crippen molar-refractivity contribution in [1.82, 2.24) is 5.32 Å². The van der Waals surface area contributed by atoms with Gasteiger partial charge in [-0.15, -0.1) is 0 Å². The summed E-state index contributed by atoms with van der Waals surface area (Å²) >= 11 is 0. The molecule has 1 N–H and O–H groups in total. The van der Waals surface area contributed by atoms with E-state index in [0.29, 0.717) is 6.04 Å². The van der Waals surface area contributed by atoms with Crippen molar-refractivity contribution in [1.29, 1.82) is 5.26 Å². The van der Waals surface area contributed by atoms with Crippen molar-refractivity contribution >= 4 is 0 Å². The topological polar surface area (TPSA) is 35.8 Å². The Bertz CT molecular complexity index is 349. The summed E-state index contributed by atoms with van der Waals surface area (Å²) in [5, 5.41) is 12.1. The fraction of sp³-hybridized carbons (Fsp3) is 0.300. The standard InChI is InChI=1S/C10H10N2/c1-7-9-4-2-3-8(5-11)10(9)6-12-7/h2-4,7,12H,6H2,1H3/t7-/m0/s1. The van der Waals surface area contributed by atoms with Gasteiger partial charge in [0.1, 0.15) is 0 Å². The molecular weight excluding hydrogens is 148 g/mol. The zero-order valence-electron chi connectivity index (χ0n) is 6.96. The highest BCUT2D eigenvalue weighted by Gasteiger charge is 2.19. The highest BCUT2D eigenvalue weighted by molar-refractivity contribution is 5.46. The van der Waals surface area contributed by atoms with Crippen molar-refractivity contribution < 1.29 is 0 Å². The summed E-state index contributed by atoms with van der Waals surface area (Å²) in [5.74, 6) is 0. The smallest absolute Gasteiger partial charge is 0.0995 e. The fourth-order valence-corrected chi connectivity index (χ4v) is 1.68. The van der Waals surface area contributed by atoms with Crippen LogP contribution >= 0.6 is 0 Å². The van der Waals surface area contributed by atoms with Gasteiger partial charge in [0.05, 0.1) is 11.6 Å². The Morgan fingerprint density at radius 1 is 1.58 bits per heavy atom. The molecule has 0 unspecified atom stereocenters. The SMILES string of the molecule is C[C@@H]1NCc2c(C#N)cccc21. The monoisotopic (exact) mass is 158 g/mol. The van der Waals surface area contributed by atoms with Crippen LogP contribution in [-0.2, 0) is 6.54 Å². The lowest BCUT2D eigenvalue weighted by Crippen LogP contribution is -2.06. The van der Waals surface area contributed by atoms with E-state index in [0.717, 1.165) is 12.1 Å². The summed E-state index contributed by atoms with van der Waals surface area (Å²) in [4.78, 5) is 0. The molecule has 12 heavy (non-hydrogen) atoms. The lowest BCUT2D eigenvalue weighted by Gasteiger charge is -2.03. The minimum Gasteiger partial charge on any atom is -0.306 e. The van der Waals surface area contributed by atoms with Gasteiger partial charge in [0.15, 0.2) is 0 Å². The lowest BCUT2D eigenvalue weighted by molar-refractivity contribution is 0.633. The van der Waals surface area contributed by atoms with E-state index in [1.807, 2.05) is 12.1 Å². The molecule has 1 atom stereocenters. The second-order valence-electron chi connectivity index (χ2n) is 3.09. The third-order valence-electron chi connectivity index (χ3n) is 2.38. The van der Waals surface area contributed by atoms with Crippen LogP contribution in [0, 0.1) is 11.3 Å². The van der Waals surface area contributed by atoms with E-state index in [1.54, 1.807) is 0 Å². The molecule has 2 heteroatoms. The average molecular weight is 158 g/mol. The molecule has 0 saturated heterocycles. The Morgan fingerprint density at radius 3 is 3.17 bits per heavy atom. The summed E-state index contributed by atoms with van der Waals surface area (Å²) in [5.41, 5.74) is 3.26. The Morgan fingerprint density at radius 2 is 2.42 bits per heavy atom. The van der Waals surface area contributed by atoms with Crippen LogP contribution < -0.4 is 5.32 Å². The van der Waals surface area contributed by atoms with Crippen LogP contribution in [-0.4, -0.2) is 0 Å². The van der Waals surface area contributed by atoms with Gasteiger partial charge in [0, 0.05) is 12.6 Å².